The standard InChI is InChI=1S/C25H28F3N5O3/c1-3-18(25(26,27)28)22(30-15-17-8-4-5-9-20(17)34)32-24(29)31-19-11-10-16(14-21(19)36-2)23(35)33-12-6-7-13-33/h3-5,8-11,14,30,34H,1,6-7,12-13,15H2,2H3,(H3,29,31,32)/b22-18+. The molecule has 5 N–H and O–H groups in total. The number of carbonyl (C=O) groups is 1. The van der Waals surface area contributed by atoms with Crippen LogP contribution in [0.4, 0.5) is 18.9 Å². The summed E-state index contributed by atoms with van der Waals surface area (Å²) >= 11 is 0. The van der Waals surface area contributed by atoms with Gasteiger partial charge in [-0.05, 0) is 37.1 Å². The third-order valence-corrected chi connectivity index (χ3v) is 5.54. The zero-order valence-electron chi connectivity index (χ0n) is 19.7. The zero-order chi connectivity index (χ0) is 26.3. The molecule has 1 saturated heterocycles. The molecular weight excluding hydrogens is 475 g/mol. The van der Waals surface area contributed by atoms with E-state index in [9.17, 15) is 23.1 Å². The highest BCUT2D eigenvalue weighted by molar-refractivity contribution is 5.98. The number of benzene rings is 2. The number of phenolic OH excluding ortho intramolecular Hbond substituents is 1. The number of aromatic hydroxyl groups is 1. The normalized spacial score (nSPS) is 14.8. The number of allylic oxidation sites excluding steroid dienone is 2. The molecule has 8 nitrogen and oxygen atoms in total. The van der Waals surface area contributed by atoms with Crippen LogP contribution in [0.1, 0.15) is 28.8 Å². The number of amides is 1. The molecule has 0 radical (unpaired) electrons. The molecule has 0 aromatic heterocycles. The van der Waals surface area contributed by atoms with E-state index in [0.29, 0.717) is 36.0 Å². The first-order chi connectivity index (χ1) is 17.1. The maximum atomic E-state index is 13.6. The van der Waals surface area contributed by atoms with E-state index in [1.807, 2.05) is 0 Å². The van der Waals surface area contributed by atoms with Crippen molar-refractivity contribution in [2.75, 3.05) is 25.5 Å². The van der Waals surface area contributed by atoms with Crippen LogP contribution in [0.3, 0.4) is 0 Å². The van der Waals surface area contributed by atoms with Gasteiger partial charge in [0.1, 0.15) is 17.3 Å². The number of hydrogen-bond donors (Lipinski definition) is 4. The van der Waals surface area contributed by atoms with E-state index in [1.165, 1.54) is 19.2 Å². The molecule has 0 spiro atoms. The average Bonchev–Trinajstić information content (AvgIpc) is 3.37. The number of anilines is 1. The molecule has 0 aliphatic carbocycles. The number of phenols is 1. The Kier molecular flexibility index (Phi) is 8.46. The Labute approximate surface area is 207 Å². The summed E-state index contributed by atoms with van der Waals surface area (Å²) < 4.78 is 46.2. The van der Waals surface area contributed by atoms with E-state index in [0.717, 1.165) is 12.8 Å². The summed E-state index contributed by atoms with van der Waals surface area (Å²) in [5.74, 6) is -0.898. The van der Waals surface area contributed by atoms with Crippen LogP contribution in [0.25, 0.3) is 0 Å². The molecule has 3 rings (SSSR count). The van der Waals surface area contributed by atoms with Crippen LogP contribution in [0.15, 0.2) is 71.5 Å². The van der Waals surface area contributed by atoms with Gasteiger partial charge in [-0.15, -0.1) is 0 Å². The van der Waals surface area contributed by atoms with Crippen LogP contribution in [0.2, 0.25) is 0 Å². The zero-order valence-corrected chi connectivity index (χ0v) is 19.7. The number of aliphatic imine (C=N–C) groups is 1. The lowest BCUT2D eigenvalue weighted by atomic mass is 10.1. The maximum absolute atomic E-state index is 13.6. The van der Waals surface area contributed by atoms with E-state index in [4.69, 9.17) is 10.5 Å². The predicted molar refractivity (Wildman–Crippen MR) is 132 cm³/mol. The Morgan fingerprint density at radius 1 is 1.25 bits per heavy atom. The number of carbonyl (C=O) groups excluding carboxylic acids is 1. The molecular formula is C25H28F3N5O3. The molecule has 0 bridgehead atoms. The first-order valence-corrected chi connectivity index (χ1v) is 11.2. The van der Waals surface area contributed by atoms with E-state index in [-0.39, 0.29) is 29.9 Å². The second kappa shape index (κ2) is 11.5. The van der Waals surface area contributed by atoms with Gasteiger partial charge < -0.3 is 31.1 Å². The average molecular weight is 504 g/mol. The molecule has 1 aliphatic heterocycles. The highest BCUT2D eigenvalue weighted by Gasteiger charge is 2.35. The number of guanidine groups is 1. The SMILES string of the molecule is C=C/C(=C(\N=C(N)Nc1ccc(C(=O)N2CCCC2)cc1OC)NCc1ccccc1O)C(F)(F)F. The van der Waals surface area contributed by atoms with Gasteiger partial charge in [-0.1, -0.05) is 30.9 Å². The number of likely N-dealkylation sites (tertiary alicyclic amines) is 1. The van der Waals surface area contributed by atoms with E-state index >= 15 is 0 Å². The smallest absolute Gasteiger partial charge is 0.419 e. The first-order valence-electron chi connectivity index (χ1n) is 11.2. The van der Waals surface area contributed by atoms with Crippen molar-refractivity contribution in [3.8, 4) is 11.5 Å². The number of methoxy groups -OCH3 is 1. The molecule has 1 amide bonds. The number of hydrogen-bond acceptors (Lipinski definition) is 5. The highest BCUT2D eigenvalue weighted by atomic mass is 19.4. The second-order valence-corrected chi connectivity index (χ2v) is 7.98. The summed E-state index contributed by atoms with van der Waals surface area (Å²) in [4.78, 5) is 18.3. The van der Waals surface area contributed by atoms with Crippen molar-refractivity contribution < 1.29 is 27.8 Å². The second-order valence-electron chi connectivity index (χ2n) is 7.98. The minimum atomic E-state index is -4.76. The molecule has 1 heterocycles. The lowest BCUT2D eigenvalue weighted by Gasteiger charge is -2.18. The van der Waals surface area contributed by atoms with Gasteiger partial charge >= 0.3 is 6.18 Å². The lowest BCUT2D eigenvalue weighted by molar-refractivity contribution is -0.0893. The Morgan fingerprint density at radius 2 is 1.94 bits per heavy atom. The molecule has 11 heteroatoms. The number of ether oxygens (including phenoxy) is 1. The maximum Gasteiger partial charge on any atom is 0.419 e. The summed E-state index contributed by atoms with van der Waals surface area (Å²) in [6, 6.07) is 10.9. The Bertz CT molecular complexity index is 1170. The van der Waals surface area contributed by atoms with Crippen molar-refractivity contribution in [2.45, 2.75) is 25.6 Å². The third-order valence-electron chi connectivity index (χ3n) is 5.54. The Morgan fingerprint density at radius 3 is 2.56 bits per heavy atom. The lowest BCUT2D eigenvalue weighted by Crippen LogP contribution is -2.28. The van der Waals surface area contributed by atoms with E-state index in [1.54, 1.807) is 35.2 Å². The minimum absolute atomic E-state index is 0.0834. The van der Waals surface area contributed by atoms with Crippen molar-refractivity contribution in [1.82, 2.24) is 10.2 Å². The molecule has 0 atom stereocenters. The molecule has 2 aromatic carbocycles. The predicted octanol–water partition coefficient (Wildman–Crippen LogP) is 4.11. The number of rotatable bonds is 8. The molecule has 1 fully saturated rings. The van der Waals surface area contributed by atoms with Crippen molar-refractivity contribution in [2.24, 2.45) is 10.7 Å². The van der Waals surface area contributed by atoms with Gasteiger partial charge in [0.25, 0.3) is 5.91 Å². The largest absolute Gasteiger partial charge is 0.508 e. The summed E-state index contributed by atoms with van der Waals surface area (Å²) in [5, 5.41) is 15.2. The fraction of sp³-hybridized carbons (Fsp3) is 0.280. The number of para-hydroxylation sites is 1. The van der Waals surface area contributed by atoms with Crippen LogP contribution in [0, 0.1) is 0 Å². The topological polar surface area (TPSA) is 112 Å². The van der Waals surface area contributed by atoms with Crippen LogP contribution in [-0.4, -0.2) is 48.2 Å². The van der Waals surface area contributed by atoms with Gasteiger partial charge in [0, 0.05) is 30.8 Å². The number of nitrogens with one attached hydrogen (secondary N) is 2. The van der Waals surface area contributed by atoms with Crippen molar-refractivity contribution in [3.05, 3.63) is 77.6 Å². The highest BCUT2D eigenvalue weighted by Crippen LogP contribution is 2.30. The fourth-order valence-corrected chi connectivity index (χ4v) is 3.70. The first kappa shape index (κ1) is 26.5. The Balaban J connectivity index is 1.87. The molecule has 1 aliphatic rings. The molecule has 0 saturated carbocycles. The van der Waals surface area contributed by atoms with Crippen LogP contribution < -0.4 is 21.1 Å². The molecule has 2 aromatic rings. The molecule has 36 heavy (non-hydrogen) atoms. The van der Waals surface area contributed by atoms with Crippen LogP contribution in [-0.2, 0) is 6.54 Å². The summed E-state index contributed by atoms with van der Waals surface area (Å²) in [7, 11) is 1.40. The van der Waals surface area contributed by atoms with E-state index in [2.05, 4.69) is 22.2 Å². The van der Waals surface area contributed by atoms with Gasteiger partial charge in [-0.25, -0.2) is 0 Å². The van der Waals surface area contributed by atoms with Gasteiger partial charge in [-0.3, -0.25) is 4.79 Å². The number of nitrogens with two attached hydrogens (primary N) is 1. The van der Waals surface area contributed by atoms with Crippen molar-refractivity contribution in [3.63, 3.8) is 0 Å². The van der Waals surface area contributed by atoms with Gasteiger partial charge in [0.05, 0.1) is 18.4 Å². The number of alkyl halides is 3. The molecule has 192 valence electrons. The van der Waals surface area contributed by atoms with Gasteiger partial charge in [-0.2, -0.15) is 18.2 Å². The third kappa shape index (κ3) is 6.49. The fourth-order valence-electron chi connectivity index (χ4n) is 3.70. The van der Waals surface area contributed by atoms with Gasteiger partial charge in [0.2, 0.25) is 0 Å². The summed E-state index contributed by atoms with van der Waals surface area (Å²) in [5.41, 5.74) is 5.90. The van der Waals surface area contributed by atoms with Gasteiger partial charge in [0.15, 0.2) is 5.96 Å². The minimum Gasteiger partial charge on any atom is -0.508 e. The van der Waals surface area contributed by atoms with E-state index < -0.39 is 17.6 Å². The summed E-state index contributed by atoms with van der Waals surface area (Å²) in [6.45, 7) is 4.47. The quantitative estimate of drug-likeness (QED) is 0.245. The van der Waals surface area contributed by atoms with Crippen molar-refractivity contribution >= 4 is 17.6 Å². The van der Waals surface area contributed by atoms with Crippen LogP contribution >= 0.6 is 0 Å². The van der Waals surface area contributed by atoms with Crippen LogP contribution in [0.5, 0.6) is 11.5 Å². The number of nitrogens with zero attached hydrogens (tertiary/aromatic N) is 2. The monoisotopic (exact) mass is 503 g/mol. The molecule has 0 unspecified atom stereocenters. The summed E-state index contributed by atoms with van der Waals surface area (Å²) in [6.07, 6.45) is -2.23. The number of halogens is 3. The Hall–Kier alpha value is -4.15. The van der Waals surface area contributed by atoms with Crippen molar-refractivity contribution in [1.29, 1.82) is 0 Å².